The number of rotatable bonds is 3. The topological polar surface area (TPSA) is 49.6 Å². The number of nitrogens with zero attached hydrogens (tertiary/aromatic N) is 2. The van der Waals surface area contributed by atoms with Crippen LogP contribution in [0.1, 0.15) is 6.42 Å². The first-order valence-electron chi connectivity index (χ1n) is 6.60. The molecule has 5 heteroatoms. The van der Waals surface area contributed by atoms with Gasteiger partial charge in [-0.2, -0.15) is 0 Å². The highest BCUT2D eigenvalue weighted by atomic mass is 35.5. The lowest BCUT2D eigenvalue weighted by Crippen LogP contribution is -2.53. The van der Waals surface area contributed by atoms with Gasteiger partial charge in [0, 0.05) is 43.3 Å². The van der Waals surface area contributed by atoms with Crippen LogP contribution in [0.3, 0.4) is 0 Å². The SMILES string of the molecule is C#CCC(N)C(=O)N1CCN(c2cccc(Cl)c2)CC1. The molecule has 1 aliphatic heterocycles. The Bertz CT molecular complexity index is 518. The van der Waals surface area contributed by atoms with Crippen molar-refractivity contribution < 1.29 is 4.79 Å². The summed E-state index contributed by atoms with van der Waals surface area (Å²) in [7, 11) is 0. The number of piperazine rings is 1. The second kappa shape index (κ2) is 6.65. The van der Waals surface area contributed by atoms with Gasteiger partial charge < -0.3 is 15.5 Å². The van der Waals surface area contributed by atoms with E-state index in [-0.39, 0.29) is 12.3 Å². The number of halogens is 1. The summed E-state index contributed by atoms with van der Waals surface area (Å²) in [5.74, 6) is 2.37. The maximum Gasteiger partial charge on any atom is 0.240 e. The molecule has 0 spiro atoms. The normalized spacial score (nSPS) is 16.6. The van der Waals surface area contributed by atoms with Crippen LogP contribution < -0.4 is 10.6 Å². The minimum absolute atomic E-state index is 0.0614. The van der Waals surface area contributed by atoms with Gasteiger partial charge in [-0.25, -0.2) is 0 Å². The van der Waals surface area contributed by atoms with Crippen molar-refractivity contribution in [2.75, 3.05) is 31.1 Å². The van der Waals surface area contributed by atoms with Gasteiger partial charge in [-0.3, -0.25) is 4.79 Å². The zero-order valence-corrected chi connectivity index (χ0v) is 12.0. The molecule has 1 saturated heterocycles. The third-order valence-corrected chi connectivity index (χ3v) is 3.65. The maximum atomic E-state index is 12.1. The highest BCUT2D eigenvalue weighted by Crippen LogP contribution is 2.20. The van der Waals surface area contributed by atoms with E-state index in [9.17, 15) is 4.79 Å². The molecular weight excluding hydrogens is 274 g/mol. The average Bonchev–Trinajstić information content (AvgIpc) is 2.47. The molecule has 106 valence electrons. The van der Waals surface area contributed by atoms with Crippen LogP contribution in [-0.4, -0.2) is 43.0 Å². The van der Waals surface area contributed by atoms with Gasteiger partial charge in [0.25, 0.3) is 0 Å². The zero-order chi connectivity index (χ0) is 14.5. The van der Waals surface area contributed by atoms with Crippen molar-refractivity contribution in [1.82, 2.24) is 4.90 Å². The van der Waals surface area contributed by atoms with E-state index in [1.807, 2.05) is 24.3 Å². The van der Waals surface area contributed by atoms with Crippen molar-refractivity contribution in [1.29, 1.82) is 0 Å². The van der Waals surface area contributed by atoms with Crippen molar-refractivity contribution in [2.24, 2.45) is 5.73 Å². The van der Waals surface area contributed by atoms with Crippen molar-refractivity contribution in [3.8, 4) is 12.3 Å². The van der Waals surface area contributed by atoms with Gasteiger partial charge in [-0.05, 0) is 18.2 Å². The van der Waals surface area contributed by atoms with Crippen LogP contribution in [-0.2, 0) is 4.79 Å². The van der Waals surface area contributed by atoms with Gasteiger partial charge in [-0.1, -0.05) is 17.7 Å². The van der Waals surface area contributed by atoms with E-state index < -0.39 is 6.04 Å². The fourth-order valence-corrected chi connectivity index (χ4v) is 2.49. The second-order valence-corrected chi connectivity index (χ2v) is 5.24. The number of hydrogen-bond donors (Lipinski definition) is 1. The highest BCUT2D eigenvalue weighted by molar-refractivity contribution is 6.30. The molecule has 1 heterocycles. The van der Waals surface area contributed by atoms with Gasteiger partial charge in [0.15, 0.2) is 0 Å². The summed E-state index contributed by atoms with van der Waals surface area (Å²) in [5.41, 5.74) is 6.84. The molecule has 1 atom stereocenters. The molecule has 0 aliphatic carbocycles. The zero-order valence-electron chi connectivity index (χ0n) is 11.3. The predicted molar refractivity (Wildman–Crippen MR) is 81.7 cm³/mol. The Morgan fingerprint density at radius 2 is 2.10 bits per heavy atom. The number of amides is 1. The lowest BCUT2D eigenvalue weighted by Gasteiger charge is -2.37. The second-order valence-electron chi connectivity index (χ2n) is 4.81. The first kappa shape index (κ1) is 14.7. The molecule has 2 N–H and O–H groups in total. The Morgan fingerprint density at radius 1 is 1.40 bits per heavy atom. The number of benzene rings is 1. The molecule has 4 nitrogen and oxygen atoms in total. The third-order valence-electron chi connectivity index (χ3n) is 3.42. The van der Waals surface area contributed by atoms with Crippen LogP contribution in [0.25, 0.3) is 0 Å². The Hall–Kier alpha value is -1.70. The lowest BCUT2D eigenvalue weighted by atomic mass is 10.1. The molecule has 1 aliphatic rings. The molecule has 1 fully saturated rings. The number of carbonyl (C=O) groups is 1. The largest absolute Gasteiger partial charge is 0.368 e. The summed E-state index contributed by atoms with van der Waals surface area (Å²) in [6.45, 7) is 2.86. The molecule has 0 radical (unpaired) electrons. The van der Waals surface area contributed by atoms with Crippen LogP contribution in [0.4, 0.5) is 5.69 Å². The quantitative estimate of drug-likeness (QED) is 0.855. The summed E-state index contributed by atoms with van der Waals surface area (Å²) in [6.07, 6.45) is 5.47. The predicted octanol–water partition coefficient (Wildman–Crippen LogP) is 1.34. The van der Waals surface area contributed by atoms with Crippen LogP contribution in [0, 0.1) is 12.3 Å². The number of nitrogens with two attached hydrogens (primary N) is 1. The van der Waals surface area contributed by atoms with E-state index in [2.05, 4.69) is 10.8 Å². The molecule has 0 aromatic heterocycles. The Morgan fingerprint density at radius 3 is 2.70 bits per heavy atom. The minimum atomic E-state index is -0.585. The number of carbonyl (C=O) groups excluding carboxylic acids is 1. The smallest absolute Gasteiger partial charge is 0.240 e. The summed E-state index contributed by atoms with van der Waals surface area (Å²) in [4.78, 5) is 16.0. The summed E-state index contributed by atoms with van der Waals surface area (Å²) in [6, 6.07) is 7.15. The third kappa shape index (κ3) is 3.44. The van der Waals surface area contributed by atoms with E-state index >= 15 is 0 Å². The standard InChI is InChI=1S/C15H18ClN3O/c1-2-4-14(17)15(20)19-9-7-18(8-10-19)13-6-3-5-12(16)11-13/h1,3,5-6,11,14H,4,7-10,17H2. The molecule has 0 saturated carbocycles. The highest BCUT2D eigenvalue weighted by Gasteiger charge is 2.24. The fourth-order valence-electron chi connectivity index (χ4n) is 2.31. The molecule has 20 heavy (non-hydrogen) atoms. The minimum Gasteiger partial charge on any atom is -0.368 e. The van der Waals surface area contributed by atoms with Crippen LogP contribution >= 0.6 is 11.6 Å². The molecule has 1 amide bonds. The average molecular weight is 292 g/mol. The summed E-state index contributed by atoms with van der Waals surface area (Å²) in [5, 5.41) is 0.719. The number of hydrogen-bond acceptors (Lipinski definition) is 3. The monoisotopic (exact) mass is 291 g/mol. The van der Waals surface area contributed by atoms with E-state index in [1.165, 1.54) is 0 Å². The first-order valence-corrected chi connectivity index (χ1v) is 6.98. The molecule has 1 aromatic rings. The van der Waals surface area contributed by atoms with Gasteiger partial charge in [0.05, 0.1) is 6.04 Å². The van der Waals surface area contributed by atoms with Crippen molar-refractivity contribution >= 4 is 23.2 Å². The van der Waals surface area contributed by atoms with E-state index in [0.29, 0.717) is 13.1 Å². The van der Waals surface area contributed by atoms with E-state index in [4.69, 9.17) is 23.8 Å². The van der Waals surface area contributed by atoms with Gasteiger partial charge in [0.1, 0.15) is 0 Å². The molecular formula is C15H18ClN3O. The molecule has 0 bridgehead atoms. The van der Waals surface area contributed by atoms with Crippen LogP contribution in [0.15, 0.2) is 24.3 Å². The fraction of sp³-hybridized carbons (Fsp3) is 0.400. The van der Waals surface area contributed by atoms with Crippen LogP contribution in [0.5, 0.6) is 0 Å². The molecule has 1 aromatic carbocycles. The van der Waals surface area contributed by atoms with Gasteiger partial charge in [0.2, 0.25) is 5.91 Å². The van der Waals surface area contributed by atoms with E-state index in [1.54, 1.807) is 4.90 Å². The van der Waals surface area contributed by atoms with Crippen molar-refractivity contribution in [3.63, 3.8) is 0 Å². The molecule has 2 rings (SSSR count). The Labute approximate surface area is 124 Å². The summed E-state index contributed by atoms with van der Waals surface area (Å²) >= 11 is 5.99. The van der Waals surface area contributed by atoms with Crippen LogP contribution in [0.2, 0.25) is 5.02 Å². The lowest BCUT2D eigenvalue weighted by molar-refractivity contribution is -0.132. The van der Waals surface area contributed by atoms with Crippen molar-refractivity contribution in [2.45, 2.75) is 12.5 Å². The van der Waals surface area contributed by atoms with Crippen molar-refractivity contribution in [3.05, 3.63) is 29.3 Å². The summed E-state index contributed by atoms with van der Waals surface area (Å²) < 4.78 is 0. The Balaban J connectivity index is 1.93. The number of terminal acetylenes is 1. The van der Waals surface area contributed by atoms with E-state index in [0.717, 1.165) is 23.8 Å². The number of anilines is 1. The maximum absolute atomic E-state index is 12.1. The van der Waals surface area contributed by atoms with Gasteiger partial charge in [-0.15, -0.1) is 12.3 Å². The molecule has 1 unspecified atom stereocenters. The first-order chi connectivity index (χ1) is 9.61. The van der Waals surface area contributed by atoms with Gasteiger partial charge >= 0.3 is 0 Å². The Kier molecular flexibility index (Phi) is 4.89.